The molecule has 0 aliphatic heterocycles. The highest BCUT2D eigenvalue weighted by atomic mass is 19.4. The molecule has 1 N–H and O–H groups in total. The summed E-state index contributed by atoms with van der Waals surface area (Å²) in [6.07, 6.45) is -1.12. The summed E-state index contributed by atoms with van der Waals surface area (Å²) >= 11 is 0. The molecule has 0 spiro atoms. The molecule has 1 fully saturated rings. The Kier molecular flexibility index (Phi) is 5.04. The minimum absolute atomic E-state index is 0.122. The molecule has 1 nitrogen and oxygen atoms in total. The van der Waals surface area contributed by atoms with Crippen LogP contribution in [0, 0.1) is 11.8 Å². The Labute approximate surface area is 101 Å². The molecule has 0 aromatic carbocycles. The number of hydrogen-bond acceptors (Lipinski definition) is 1. The molecule has 100 valence electrons. The lowest BCUT2D eigenvalue weighted by atomic mass is 9.76. The van der Waals surface area contributed by atoms with Crippen molar-refractivity contribution in [3.8, 4) is 0 Å². The Balaban J connectivity index is 2.61. The Hall–Kier alpha value is -0.510. The van der Waals surface area contributed by atoms with E-state index in [2.05, 4.69) is 11.9 Å². The van der Waals surface area contributed by atoms with Gasteiger partial charge >= 0.3 is 6.18 Å². The molecule has 0 saturated heterocycles. The third kappa shape index (κ3) is 4.34. The van der Waals surface area contributed by atoms with Gasteiger partial charge in [0.25, 0.3) is 0 Å². The van der Waals surface area contributed by atoms with Crippen LogP contribution in [0.1, 0.15) is 39.0 Å². The zero-order valence-electron chi connectivity index (χ0n) is 10.6. The van der Waals surface area contributed by atoms with E-state index in [-0.39, 0.29) is 18.4 Å². The van der Waals surface area contributed by atoms with E-state index in [9.17, 15) is 13.2 Å². The maximum atomic E-state index is 12.7. The van der Waals surface area contributed by atoms with Crippen LogP contribution < -0.4 is 5.32 Å². The van der Waals surface area contributed by atoms with E-state index in [1.165, 1.54) is 0 Å². The molecule has 0 aromatic heterocycles. The second kappa shape index (κ2) is 5.89. The Morgan fingerprint density at radius 2 is 2.06 bits per heavy atom. The van der Waals surface area contributed by atoms with Crippen molar-refractivity contribution in [1.29, 1.82) is 0 Å². The van der Waals surface area contributed by atoms with Gasteiger partial charge in [0.15, 0.2) is 0 Å². The van der Waals surface area contributed by atoms with Crippen LogP contribution in [0.3, 0.4) is 0 Å². The lowest BCUT2D eigenvalue weighted by Crippen LogP contribution is -2.39. The lowest BCUT2D eigenvalue weighted by Gasteiger charge is -2.35. The van der Waals surface area contributed by atoms with Gasteiger partial charge in [-0.15, -0.1) is 6.58 Å². The molecule has 1 rings (SSSR count). The van der Waals surface area contributed by atoms with Crippen molar-refractivity contribution in [2.24, 2.45) is 11.8 Å². The fraction of sp³-hybridized carbons (Fsp3) is 0.846. The van der Waals surface area contributed by atoms with Crippen molar-refractivity contribution in [2.75, 3.05) is 7.05 Å². The summed E-state index contributed by atoms with van der Waals surface area (Å²) in [6.45, 7) is 5.77. The molecule has 3 atom stereocenters. The van der Waals surface area contributed by atoms with Crippen molar-refractivity contribution in [3.05, 3.63) is 12.2 Å². The summed E-state index contributed by atoms with van der Waals surface area (Å²) in [4.78, 5) is 0. The summed E-state index contributed by atoms with van der Waals surface area (Å²) < 4.78 is 38.1. The van der Waals surface area contributed by atoms with E-state index in [1.54, 1.807) is 0 Å². The molecule has 3 unspecified atom stereocenters. The van der Waals surface area contributed by atoms with E-state index in [4.69, 9.17) is 0 Å². The Bertz CT molecular complexity index is 260. The van der Waals surface area contributed by atoms with Gasteiger partial charge in [-0.1, -0.05) is 12.0 Å². The normalized spacial score (nSPS) is 27.8. The largest absolute Gasteiger partial charge is 0.391 e. The maximum Gasteiger partial charge on any atom is 0.391 e. The van der Waals surface area contributed by atoms with Crippen LogP contribution in [-0.4, -0.2) is 19.3 Å². The van der Waals surface area contributed by atoms with E-state index in [0.29, 0.717) is 12.8 Å². The minimum atomic E-state index is -4.03. The first-order valence-corrected chi connectivity index (χ1v) is 6.23. The van der Waals surface area contributed by atoms with Gasteiger partial charge < -0.3 is 5.32 Å². The van der Waals surface area contributed by atoms with Gasteiger partial charge in [0, 0.05) is 6.04 Å². The van der Waals surface area contributed by atoms with Gasteiger partial charge in [0.05, 0.1) is 5.92 Å². The predicted octanol–water partition coefficient (Wildman–Crippen LogP) is 3.91. The average molecular weight is 249 g/mol. The SMILES string of the molecule is C=C(C)CC(NC)C1CCCC(C(F)(F)F)C1. The average Bonchev–Trinajstić information content (AvgIpc) is 2.24. The Morgan fingerprint density at radius 1 is 1.41 bits per heavy atom. The zero-order chi connectivity index (χ0) is 13.1. The lowest BCUT2D eigenvalue weighted by molar-refractivity contribution is -0.186. The molecule has 1 aliphatic carbocycles. The van der Waals surface area contributed by atoms with Crippen LogP contribution in [0.5, 0.6) is 0 Å². The third-order valence-electron chi connectivity index (χ3n) is 3.69. The maximum absolute atomic E-state index is 12.7. The summed E-state index contributed by atoms with van der Waals surface area (Å²) in [5.41, 5.74) is 1.03. The molecule has 1 aliphatic rings. The third-order valence-corrected chi connectivity index (χ3v) is 3.69. The Morgan fingerprint density at radius 3 is 2.53 bits per heavy atom. The van der Waals surface area contributed by atoms with Gasteiger partial charge in [-0.2, -0.15) is 13.2 Å². The molecular formula is C13H22F3N. The molecule has 0 aromatic rings. The summed E-state index contributed by atoms with van der Waals surface area (Å²) in [5, 5.41) is 3.15. The van der Waals surface area contributed by atoms with Crippen LogP contribution in [0.15, 0.2) is 12.2 Å². The first-order chi connectivity index (χ1) is 7.84. The van der Waals surface area contributed by atoms with Gasteiger partial charge in [-0.05, 0) is 45.6 Å². The summed E-state index contributed by atoms with van der Waals surface area (Å²) in [6, 6.07) is 0.137. The van der Waals surface area contributed by atoms with Gasteiger partial charge in [0.2, 0.25) is 0 Å². The monoisotopic (exact) mass is 249 g/mol. The van der Waals surface area contributed by atoms with E-state index < -0.39 is 12.1 Å². The van der Waals surface area contributed by atoms with Crippen LogP contribution in [0.4, 0.5) is 13.2 Å². The van der Waals surface area contributed by atoms with Crippen LogP contribution in [0.2, 0.25) is 0 Å². The number of nitrogens with one attached hydrogen (secondary N) is 1. The van der Waals surface area contributed by atoms with Gasteiger partial charge in [-0.25, -0.2) is 0 Å². The van der Waals surface area contributed by atoms with Crippen LogP contribution >= 0.6 is 0 Å². The molecule has 1 saturated carbocycles. The molecule has 4 heteroatoms. The van der Waals surface area contributed by atoms with Crippen LogP contribution in [-0.2, 0) is 0 Å². The van der Waals surface area contributed by atoms with Gasteiger partial charge in [-0.3, -0.25) is 0 Å². The topological polar surface area (TPSA) is 12.0 Å². The van der Waals surface area contributed by atoms with E-state index >= 15 is 0 Å². The summed E-state index contributed by atoms with van der Waals surface area (Å²) in [7, 11) is 1.82. The fourth-order valence-electron chi connectivity index (χ4n) is 2.77. The quantitative estimate of drug-likeness (QED) is 0.745. The zero-order valence-corrected chi connectivity index (χ0v) is 10.6. The second-order valence-corrected chi connectivity index (χ2v) is 5.22. The van der Waals surface area contributed by atoms with E-state index in [0.717, 1.165) is 18.4 Å². The van der Waals surface area contributed by atoms with E-state index in [1.807, 2.05) is 14.0 Å². The standard InChI is InChI=1S/C13H22F3N/c1-9(2)7-12(17-3)10-5-4-6-11(8-10)13(14,15)16/h10-12,17H,1,4-8H2,2-3H3. The highest BCUT2D eigenvalue weighted by Crippen LogP contribution is 2.41. The van der Waals surface area contributed by atoms with Crippen molar-refractivity contribution in [3.63, 3.8) is 0 Å². The molecule has 17 heavy (non-hydrogen) atoms. The minimum Gasteiger partial charge on any atom is -0.316 e. The fourth-order valence-corrected chi connectivity index (χ4v) is 2.77. The first kappa shape index (κ1) is 14.6. The highest BCUT2D eigenvalue weighted by molar-refractivity contribution is 4.96. The van der Waals surface area contributed by atoms with Crippen molar-refractivity contribution in [1.82, 2.24) is 5.32 Å². The van der Waals surface area contributed by atoms with Crippen molar-refractivity contribution >= 4 is 0 Å². The molecular weight excluding hydrogens is 227 g/mol. The summed E-state index contributed by atoms with van der Waals surface area (Å²) in [5.74, 6) is -0.987. The van der Waals surface area contributed by atoms with Crippen molar-refractivity contribution in [2.45, 2.75) is 51.2 Å². The highest BCUT2D eigenvalue weighted by Gasteiger charge is 2.43. The predicted molar refractivity (Wildman–Crippen MR) is 63.8 cm³/mol. The molecule has 0 bridgehead atoms. The number of alkyl halides is 3. The smallest absolute Gasteiger partial charge is 0.316 e. The van der Waals surface area contributed by atoms with Crippen molar-refractivity contribution < 1.29 is 13.2 Å². The molecule has 0 heterocycles. The second-order valence-electron chi connectivity index (χ2n) is 5.22. The van der Waals surface area contributed by atoms with Gasteiger partial charge in [0.1, 0.15) is 0 Å². The molecule has 0 amide bonds. The molecule has 0 radical (unpaired) electrons. The number of hydrogen-bond donors (Lipinski definition) is 1. The van der Waals surface area contributed by atoms with Crippen LogP contribution in [0.25, 0.3) is 0 Å². The number of halogens is 3. The first-order valence-electron chi connectivity index (χ1n) is 6.23. The number of rotatable bonds is 4.